The third-order valence-electron chi connectivity index (χ3n) is 3.54. The molecule has 4 heteroatoms. The zero-order valence-electron chi connectivity index (χ0n) is 9.73. The maximum atomic E-state index is 11.6. The van der Waals surface area contributed by atoms with Gasteiger partial charge in [-0.15, -0.1) is 0 Å². The molecular weight excluding hydrogens is 224 g/mol. The molecule has 0 bridgehead atoms. The largest absolute Gasteiger partial charge is 0.268 e. The highest BCUT2D eigenvalue weighted by atomic mass is 32.2. The maximum Gasteiger partial charge on any atom is 0.268 e. The molecule has 16 heavy (non-hydrogen) atoms. The van der Waals surface area contributed by atoms with E-state index in [0.29, 0.717) is 0 Å². The molecule has 3 nitrogen and oxygen atoms in total. The molecule has 0 saturated carbocycles. The minimum absolute atomic E-state index is 0.0387. The van der Waals surface area contributed by atoms with Gasteiger partial charge in [-0.2, -0.15) is 8.42 Å². The third-order valence-corrected chi connectivity index (χ3v) is 5.14. The van der Waals surface area contributed by atoms with Gasteiger partial charge in [-0.1, -0.05) is 37.3 Å². The lowest BCUT2D eigenvalue weighted by atomic mass is 9.72. The van der Waals surface area contributed by atoms with Gasteiger partial charge in [0.25, 0.3) is 10.1 Å². The third kappa shape index (κ3) is 1.66. The van der Waals surface area contributed by atoms with Crippen LogP contribution < -0.4 is 0 Å². The van der Waals surface area contributed by atoms with Crippen LogP contribution >= 0.6 is 0 Å². The lowest BCUT2D eigenvalue weighted by Crippen LogP contribution is -2.42. The summed E-state index contributed by atoms with van der Waals surface area (Å²) in [7, 11) is -3.41. The molecule has 0 spiro atoms. The fourth-order valence-electron chi connectivity index (χ4n) is 2.20. The van der Waals surface area contributed by atoms with Crippen LogP contribution in [0.5, 0.6) is 0 Å². The van der Waals surface area contributed by atoms with Crippen molar-refractivity contribution in [3.63, 3.8) is 0 Å². The van der Waals surface area contributed by atoms with Crippen LogP contribution in [0.1, 0.15) is 26.3 Å². The van der Waals surface area contributed by atoms with Crippen molar-refractivity contribution in [3.8, 4) is 0 Å². The Morgan fingerprint density at radius 2 is 1.69 bits per heavy atom. The highest BCUT2D eigenvalue weighted by molar-refractivity contribution is 7.87. The fraction of sp³-hybridized carbons (Fsp3) is 0.500. The smallest absolute Gasteiger partial charge is 0.263 e. The first kappa shape index (κ1) is 11.6. The van der Waals surface area contributed by atoms with Gasteiger partial charge < -0.3 is 0 Å². The quantitative estimate of drug-likeness (QED) is 0.706. The monoisotopic (exact) mass is 240 g/mol. The Morgan fingerprint density at radius 1 is 1.12 bits per heavy atom. The summed E-state index contributed by atoms with van der Waals surface area (Å²) in [5.41, 5.74) is -0.193. The van der Waals surface area contributed by atoms with E-state index in [-0.39, 0.29) is 5.75 Å². The molecule has 1 aromatic carbocycles. The van der Waals surface area contributed by atoms with Gasteiger partial charge in [0.05, 0.1) is 11.4 Å². The molecule has 0 amide bonds. The molecule has 1 atom stereocenters. The minimum atomic E-state index is -3.41. The lowest BCUT2D eigenvalue weighted by Gasteiger charge is -2.34. The average Bonchev–Trinajstić information content (AvgIpc) is 2.33. The normalized spacial score (nSPS) is 31.4. The molecule has 88 valence electrons. The second-order valence-electron chi connectivity index (χ2n) is 4.99. The Kier molecular flexibility index (Phi) is 2.40. The maximum absolute atomic E-state index is 11.6. The first-order valence-electron chi connectivity index (χ1n) is 5.26. The standard InChI is InChI=1S/C12H16O3S/c1-11(2)12(3,9-16(13,14)15-11)10-7-5-4-6-8-10/h4-8H,9H2,1-3H3. The van der Waals surface area contributed by atoms with E-state index in [0.717, 1.165) is 5.56 Å². The van der Waals surface area contributed by atoms with E-state index in [2.05, 4.69) is 0 Å². The van der Waals surface area contributed by atoms with Crippen molar-refractivity contribution in [2.24, 2.45) is 0 Å². The van der Waals surface area contributed by atoms with Crippen molar-refractivity contribution in [1.29, 1.82) is 0 Å². The van der Waals surface area contributed by atoms with Crippen molar-refractivity contribution in [2.45, 2.75) is 31.8 Å². The first-order valence-corrected chi connectivity index (χ1v) is 6.83. The zero-order valence-corrected chi connectivity index (χ0v) is 10.5. The average molecular weight is 240 g/mol. The summed E-state index contributed by atoms with van der Waals surface area (Å²) in [6.07, 6.45) is 0. The molecule has 1 saturated heterocycles. The number of rotatable bonds is 1. The molecule has 1 fully saturated rings. The van der Waals surface area contributed by atoms with Crippen molar-refractivity contribution >= 4 is 10.1 Å². The van der Waals surface area contributed by atoms with Crippen LogP contribution in [0.3, 0.4) is 0 Å². The van der Waals surface area contributed by atoms with E-state index in [1.807, 2.05) is 51.1 Å². The van der Waals surface area contributed by atoms with Gasteiger partial charge in [-0.05, 0) is 19.4 Å². The highest BCUT2D eigenvalue weighted by Crippen LogP contribution is 2.45. The minimum Gasteiger partial charge on any atom is -0.263 e. The van der Waals surface area contributed by atoms with Crippen LogP contribution in [0.25, 0.3) is 0 Å². The van der Waals surface area contributed by atoms with Crippen LogP contribution in [0.2, 0.25) is 0 Å². The summed E-state index contributed by atoms with van der Waals surface area (Å²) in [5.74, 6) is 0.0387. The Bertz CT molecular complexity index is 490. The summed E-state index contributed by atoms with van der Waals surface area (Å²) in [5, 5.41) is 0. The molecular formula is C12H16O3S. The zero-order chi connectivity index (χ0) is 12.0. The van der Waals surface area contributed by atoms with Crippen molar-refractivity contribution in [1.82, 2.24) is 0 Å². The molecule has 0 radical (unpaired) electrons. The molecule has 0 aliphatic carbocycles. The SMILES string of the molecule is CC1(C)OS(=O)(=O)CC1(C)c1ccccc1. The highest BCUT2D eigenvalue weighted by Gasteiger charge is 2.55. The van der Waals surface area contributed by atoms with Crippen molar-refractivity contribution in [2.75, 3.05) is 5.75 Å². The van der Waals surface area contributed by atoms with Gasteiger partial charge in [-0.25, -0.2) is 0 Å². The van der Waals surface area contributed by atoms with Crippen LogP contribution in [0.4, 0.5) is 0 Å². The van der Waals surface area contributed by atoms with Crippen LogP contribution in [-0.2, 0) is 19.7 Å². The summed E-state index contributed by atoms with van der Waals surface area (Å²) in [6, 6.07) is 9.66. The number of hydrogen-bond acceptors (Lipinski definition) is 3. The summed E-state index contributed by atoms with van der Waals surface area (Å²) in [4.78, 5) is 0. The van der Waals surface area contributed by atoms with Gasteiger partial charge in [-0.3, -0.25) is 4.18 Å². The molecule has 0 N–H and O–H groups in total. The molecule has 1 aliphatic heterocycles. The second-order valence-corrected chi connectivity index (χ2v) is 6.56. The number of hydrogen-bond donors (Lipinski definition) is 0. The predicted octanol–water partition coefficient (Wildman–Crippen LogP) is 2.08. The second kappa shape index (κ2) is 3.31. The van der Waals surface area contributed by atoms with Crippen LogP contribution in [-0.4, -0.2) is 19.8 Å². The van der Waals surface area contributed by atoms with E-state index < -0.39 is 21.1 Å². The Balaban J connectivity index is 2.55. The summed E-state index contributed by atoms with van der Waals surface area (Å²) >= 11 is 0. The molecule has 1 aliphatic rings. The van der Waals surface area contributed by atoms with Gasteiger partial charge in [0.2, 0.25) is 0 Å². The van der Waals surface area contributed by atoms with Crippen molar-refractivity contribution < 1.29 is 12.6 Å². The Morgan fingerprint density at radius 3 is 2.12 bits per heavy atom. The first-order chi connectivity index (χ1) is 7.27. The predicted molar refractivity (Wildman–Crippen MR) is 62.7 cm³/mol. The van der Waals surface area contributed by atoms with Gasteiger partial charge in [0, 0.05) is 5.41 Å². The summed E-state index contributed by atoms with van der Waals surface area (Å²) in [6.45, 7) is 5.59. The van der Waals surface area contributed by atoms with E-state index >= 15 is 0 Å². The summed E-state index contributed by atoms with van der Waals surface area (Å²) < 4.78 is 28.4. The molecule has 1 heterocycles. The topological polar surface area (TPSA) is 43.4 Å². The molecule has 1 unspecified atom stereocenters. The number of benzene rings is 1. The fourth-order valence-corrected chi connectivity index (χ4v) is 4.30. The van der Waals surface area contributed by atoms with Gasteiger partial charge in [0.15, 0.2) is 0 Å². The van der Waals surface area contributed by atoms with E-state index in [1.165, 1.54) is 0 Å². The van der Waals surface area contributed by atoms with E-state index in [1.54, 1.807) is 0 Å². The van der Waals surface area contributed by atoms with E-state index in [9.17, 15) is 8.42 Å². The molecule has 1 aromatic rings. The molecule has 2 rings (SSSR count). The van der Waals surface area contributed by atoms with Gasteiger partial charge in [0.1, 0.15) is 0 Å². The Hall–Kier alpha value is -0.870. The van der Waals surface area contributed by atoms with Crippen LogP contribution in [0.15, 0.2) is 30.3 Å². The van der Waals surface area contributed by atoms with Crippen molar-refractivity contribution in [3.05, 3.63) is 35.9 Å². The molecule has 0 aromatic heterocycles. The van der Waals surface area contributed by atoms with E-state index in [4.69, 9.17) is 4.18 Å². The van der Waals surface area contributed by atoms with Crippen LogP contribution in [0, 0.1) is 0 Å². The van der Waals surface area contributed by atoms with Gasteiger partial charge >= 0.3 is 0 Å². The Labute approximate surface area is 96.6 Å². The lowest BCUT2D eigenvalue weighted by molar-refractivity contribution is 0.0767.